The molecular formula is C10H9BrClF2NO2. The molecule has 0 aliphatic heterocycles. The van der Waals surface area contributed by atoms with Gasteiger partial charge >= 0.3 is 5.97 Å². The Labute approximate surface area is 110 Å². The molecule has 1 heterocycles. The minimum atomic E-state index is -2.73. The summed E-state index contributed by atoms with van der Waals surface area (Å²) in [4.78, 5) is 15.1. The van der Waals surface area contributed by atoms with Crippen LogP contribution >= 0.6 is 27.5 Å². The van der Waals surface area contributed by atoms with Crippen molar-refractivity contribution in [1.82, 2.24) is 4.98 Å². The van der Waals surface area contributed by atoms with Gasteiger partial charge in [-0.15, -0.1) is 11.6 Å². The van der Waals surface area contributed by atoms with Crippen LogP contribution in [0, 0.1) is 0 Å². The number of hydrogen-bond donors (Lipinski definition) is 0. The second-order valence-corrected chi connectivity index (χ2v) is 4.06. The molecule has 1 aromatic heterocycles. The summed E-state index contributed by atoms with van der Waals surface area (Å²) < 4.78 is 30.0. The van der Waals surface area contributed by atoms with Gasteiger partial charge in [-0.3, -0.25) is 4.98 Å². The summed E-state index contributed by atoms with van der Waals surface area (Å²) in [5.74, 6) is -0.714. The summed E-state index contributed by atoms with van der Waals surface area (Å²) in [6.45, 7) is 1.84. The standard InChI is InChI=1S/C10H9BrClF2NO2/c1-2-17-10(16)6-4-15-8(9(13)14)7(11)5(6)3-12/h4,9H,2-3H2,1H3. The quantitative estimate of drug-likeness (QED) is 0.625. The molecule has 7 heteroatoms. The Morgan fingerprint density at radius 1 is 1.65 bits per heavy atom. The fourth-order valence-corrected chi connectivity index (χ4v) is 2.28. The Kier molecular flexibility index (Phi) is 5.27. The zero-order chi connectivity index (χ0) is 13.0. The van der Waals surface area contributed by atoms with Crippen molar-refractivity contribution in [3.8, 4) is 0 Å². The number of ether oxygens (including phenoxy) is 1. The van der Waals surface area contributed by atoms with Gasteiger partial charge in [0.15, 0.2) is 0 Å². The highest BCUT2D eigenvalue weighted by Gasteiger charge is 2.22. The molecule has 0 bridgehead atoms. The van der Waals surface area contributed by atoms with Crippen LogP contribution in [-0.4, -0.2) is 17.6 Å². The number of rotatable bonds is 4. The topological polar surface area (TPSA) is 39.2 Å². The summed E-state index contributed by atoms with van der Waals surface area (Å²) in [5.41, 5.74) is -0.0813. The Morgan fingerprint density at radius 2 is 2.29 bits per heavy atom. The lowest BCUT2D eigenvalue weighted by Gasteiger charge is -2.11. The molecule has 1 aromatic rings. The Hall–Kier alpha value is -0.750. The summed E-state index contributed by atoms with van der Waals surface area (Å²) >= 11 is 8.63. The largest absolute Gasteiger partial charge is 0.462 e. The highest BCUT2D eigenvalue weighted by atomic mass is 79.9. The molecule has 0 aromatic carbocycles. The first-order valence-corrected chi connectivity index (χ1v) is 6.04. The van der Waals surface area contributed by atoms with Gasteiger partial charge in [0, 0.05) is 12.1 Å². The maximum Gasteiger partial charge on any atom is 0.340 e. The van der Waals surface area contributed by atoms with E-state index in [2.05, 4.69) is 20.9 Å². The molecule has 0 atom stereocenters. The average Bonchev–Trinajstić information content (AvgIpc) is 2.28. The van der Waals surface area contributed by atoms with E-state index in [9.17, 15) is 13.6 Å². The fourth-order valence-electron chi connectivity index (χ4n) is 1.21. The predicted octanol–water partition coefficient (Wildman–Crippen LogP) is 3.70. The molecular weight excluding hydrogens is 319 g/mol. The van der Waals surface area contributed by atoms with Crippen LogP contribution in [0.15, 0.2) is 10.7 Å². The number of pyridine rings is 1. The van der Waals surface area contributed by atoms with Gasteiger partial charge in [-0.05, 0) is 28.4 Å². The normalized spacial score (nSPS) is 10.7. The number of carbonyl (C=O) groups excluding carboxylic acids is 1. The zero-order valence-corrected chi connectivity index (χ0v) is 11.2. The maximum atomic E-state index is 12.6. The van der Waals surface area contributed by atoms with E-state index in [1.54, 1.807) is 6.92 Å². The SMILES string of the molecule is CCOC(=O)c1cnc(C(F)F)c(Br)c1CCl. The van der Waals surface area contributed by atoms with Crippen LogP contribution in [0.3, 0.4) is 0 Å². The van der Waals surface area contributed by atoms with Gasteiger partial charge in [0.2, 0.25) is 0 Å². The lowest BCUT2D eigenvalue weighted by Crippen LogP contribution is -2.10. The van der Waals surface area contributed by atoms with Crippen LogP contribution in [0.5, 0.6) is 0 Å². The minimum Gasteiger partial charge on any atom is -0.462 e. The van der Waals surface area contributed by atoms with E-state index in [4.69, 9.17) is 16.3 Å². The first-order valence-electron chi connectivity index (χ1n) is 4.71. The molecule has 0 aliphatic rings. The molecule has 0 amide bonds. The van der Waals surface area contributed by atoms with Crippen LogP contribution in [0.25, 0.3) is 0 Å². The number of esters is 1. The molecule has 0 aliphatic carbocycles. The van der Waals surface area contributed by atoms with Crippen molar-refractivity contribution in [2.75, 3.05) is 6.61 Å². The Balaban J connectivity index is 3.25. The van der Waals surface area contributed by atoms with Crippen molar-refractivity contribution in [3.05, 3.63) is 27.5 Å². The van der Waals surface area contributed by atoms with Crippen molar-refractivity contribution < 1.29 is 18.3 Å². The van der Waals surface area contributed by atoms with Gasteiger partial charge in [0.05, 0.1) is 16.6 Å². The summed E-state index contributed by atoms with van der Waals surface area (Å²) in [6.07, 6.45) is -1.68. The van der Waals surface area contributed by atoms with Gasteiger partial charge in [-0.2, -0.15) is 0 Å². The van der Waals surface area contributed by atoms with Crippen molar-refractivity contribution in [2.45, 2.75) is 19.2 Å². The third-order valence-electron chi connectivity index (χ3n) is 1.98. The molecule has 3 nitrogen and oxygen atoms in total. The fraction of sp³-hybridized carbons (Fsp3) is 0.400. The molecule has 94 valence electrons. The zero-order valence-electron chi connectivity index (χ0n) is 8.84. The third-order valence-corrected chi connectivity index (χ3v) is 3.14. The first-order chi connectivity index (χ1) is 8.02. The Bertz CT molecular complexity index is 429. The lowest BCUT2D eigenvalue weighted by molar-refractivity contribution is 0.0524. The average molecular weight is 329 g/mol. The minimum absolute atomic E-state index is 0.0491. The summed E-state index contributed by atoms with van der Waals surface area (Å²) in [6, 6.07) is 0. The van der Waals surface area contributed by atoms with Crippen LogP contribution in [0.1, 0.15) is 35.0 Å². The van der Waals surface area contributed by atoms with E-state index in [0.717, 1.165) is 6.20 Å². The smallest absolute Gasteiger partial charge is 0.340 e. The summed E-state index contributed by atoms with van der Waals surface area (Å²) in [7, 11) is 0. The molecule has 0 fully saturated rings. The van der Waals surface area contributed by atoms with Crippen molar-refractivity contribution >= 4 is 33.5 Å². The van der Waals surface area contributed by atoms with Crippen molar-refractivity contribution in [2.24, 2.45) is 0 Å². The number of aromatic nitrogens is 1. The first kappa shape index (κ1) is 14.3. The van der Waals surface area contributed by atoms with Crippen LogP contribution < -0.4 is 0 Å². The number of halogens is 4. The lowest BCUT2D eigenvalue weighted by atomic mass is 10.1. The van der Waals surface area contributed by atoms with Crippen LogP contribution in [-0.2, 0) is 10.6 Å². The second-order valence-electron chi connectivity index (χ2n) is 3.00. The molecule has 0 saturated carbocycles. The number of alkyl halides is 3. The number of nitrogens with zero attached hydrogens (tertiary/aromatic N) is 1. The van der Waals surface area contributed by atoms with Crippen LogP contribution in [0.4, 0.5) is 8.78 Å². The Morgan fingerprint density at radius 3 is 2.76 bits per heavy atom. The van der Waals surface area contributed by atoms with E-state index in [-0.39, 0.29) is 28.1 Å². The summed E-state index contributed by atoms with van der Waals surface area (Å²) in [5, 5.41) is 0. The van der Waals surface area contributed by atoms with Crippen LogP contribution in [0.2, 0.25) is 0 Å². The molecule has 1 rings (SSSR count). The maximum absolute atomic E-state index is 12.6. The predicted molar refractivity (Wildman–Crippen MR) is 62.4 cm³/mol. The van der Waals surface area contributed by atoms with E-state index >= 15 is 0 Å². The molecule has 0 unspecified atom stereocenters. The van der Waals surface area contributed by atoms with E-state index in [1.165, 1.54) is 0 Å². The highest BCUT2D eigenvalue weighted by molar-refractivity contribution is 9.10. The third kappa shape index (κ3) is 3.13. The molecule has 0 spiro atoms. The van der Waals surface area contributed by atoms with Gasteiger partial charge in [-0.1, -0.05) is 0 Å². The number of hydrogen-bond acceptors (Lipinski definition) is 3. The van der Waals surface area contributed by atoms with E-state index < -0.39 is 18.1 Å². The highest BCUT2D eigenvalue weighted by Crippen LogP contribution is 2.31. The monoisotopic (exact) mass is 327 g/mol. The van der Waals surface area contributed by atoms with Crippen molar-refractivity contribution in [3.63, 3.8) is 0 Å². The van der Waals surface area contributed by atoms with Gasteiger partial charge in [0.1, 0.15) is 5.69 Å². The van der Waals surface area contributed by atoms with Gasteiger partial charge < -0.3 is 4.74 Å². The molecule has 0 N–H and O–H groups in total. The second kappa shape index (κ2) is 6.26. The van der Waals surface area contributed by atoms with E-state index in [1.807, 2.05) is 0 Å². The van der Waals surface area contributed by atoms with E-state index in [0.29, 0.717) is 0 Å². The van der Waals surface area contributed by atoms with Gasteiger partial charge in [-0.25, -0.2) is 13.6 Å². The van der Waals surface area contributed by atoms with Gasteiger partial charge in [0.25, 0.3) is 6.43 Å². The molecule has 17 heavy (non-hydrogen) atoms. The molecule has 0 radical (unpaired) electrons. The molecule has 0 saturated heterocycles. The van der Waals surface area contributed by atoms with Crippen molar-refractivity contribution in [1.29, 1.82) is 0 Å². The number of carbonyl (C=O) groups is 1.